The zero-order chi connectivity index (χ0) is 19.6. The maximum Gasteiger partial charge on any atom is 0.200 e. The molecule has 0 N–H and O–H groups in total. The summed E-state index contributed by atoms with van der Waals surface area (Å²) < 4.78 is 74.8. The first-order valence-electron chi connectivity index (χ1n) is 8.03. The molecule has 0 saturated heterocycles. The Labute approximate surface area is 157 Å². The highest BCUT2D eigenvalue weighted by Crippen LogP contribution is 2.40. The molecule has 0 unspecified atom stereocenters. The molecule has 142 valence electrons. The average Bonchev–Trinajstić information content (AvgIpc) is 3.52. The second-order valence-electron chi connectivity index (χ2n) is 5.93. The van der Waals surface area contributed by atoms with Gasteiger partial charge in [0.1, 0.15) is 17.3 Å². The lowest BCUT2D eigenvalue weighted by Gasteiger charge is -2.21. The molecule has 0 spiro atoms. The largest absolute Gasteiger partial charge is 0.481 e. The van der Waals surface area contributed by atoms with Crippen LogP contribution in [0.2, 0.25) is 0 Å². The van der Waals surface area contributed by atoms with Crippen molar-refractivity contribution in [1.29, 1.82) is 0 Å². The van der Waals surface area contributed by atoms with E-state index >= 15 is 0 Å². The van der Waals surface area contributed by atoms with Gasteiger partial charge >= 0.3 is 0 Å². The first kappa shape index (κ1) is 19.5. The monoisotopic (exact) mass is 399 g/mol. The van der Waals surface area contributed by atoms with Crippen molar-refractivity contribution in [1.82, 2.24) is 4.31 Å². The molecule has 8 heteroatoms. The fraction of sp³-hybridized carbons (Fsp3) is 0.263. The summed E-state index contributed by atoms with van der Waals surface area (Å²) >= 11 is 0.541. The molecule has 0 radical (unpaired) electrons. The standard InChI is InChI=1S/C19H14F5NOS/c1-2-9-26-13-7-3-11(4-8-13)10-25(12-5-6-12)27-19-17(23)15(21)14(20)16(22)18(19)24/h1,3-4,7-8,12H,5-6,9-10H2. The van der Waals surface area contributed by atoms with E-state index < -0.39 is 34.0 Å². The second-order valence-corrected chi connectivity index (χ2v) is 6.99. The molecule has 0 aromatic heterocycles. The molecule has 2 nitrogen and oxygen atoms in total. The van der Waals surface area contributed by atoms with Crippen LogP contribution in [0.5, 0.6) is 5.75 Å². The molecule has 1 fully saturated rings. The first-order chi connectivity index (χ1) is 12.9. The van der Waals surface area contributed by atoms with Crippen molar-refractivity contribution in [3.8, 4) is 18.1 Å². The van der Waals surface area contributed by atoms with E-state index in [9.17, 15) is 22.0 Å². The summed E-state index contributed by atoms with van der Waals surface area (Å²) in [6, 6.07) is 6.89. The molecule has 0 amide bonds. The van der Waals surface area contributed by atoms with E-state index in [0.717, 1.165) is 18.4 Å². The number of benzene rings is 2. The Morgan fingerprint density at radius 3 is 2.04 bits per heavy atom. The van der Waals surface area contributed by atoms with E-state index in [4.69, 9.17) is 11.2 Å². The number of ether oxygens (including phenoxy) is 1. The molecule has 27 heavy (non-hydrogen) atoms. The van der Waals surface area contributed by atoms with Crippen molar-refractivity contribution in [2.45, 2.75) is 30.3 Å². The van der Waals surface area contributed by atoms with Crippen molar-refractivity contribution >= 4 is 11.9 Å². The van der Waals surface area contributed by atoms with Crippen molar-refractivity contribution in [3.63, 3.8) is 0 Å². The van der Waals surface area contributed by atoms with Gasteiger partial charge in [0.05, 0.1) is 0 Å². The van der Waals surface area contributed by atoms with E-state index in [-0.39, 0.29) is 19.2 Å². The molecule has 3 rings (SSSR count). The molecule has 2 aromatic rings. The number of hydrogen-bond acceptors (Lipinski definition) is 3. The first-order valence-corrected chi connectivity index (χ1v) is 8.81. The fourth-order valence-electron chi connectivity index (χ4n) is 2.38. The van der Waals surface area contributed by atoms with Crippen LogP contribution in [0.15, 0.2) is 29.2 Å². The molecule has 1 aliphatic carbocycles. The number of terminal acetylenes is 1. The smallest absolute Gasteiger partial charge is 0.200 e. The van der Waals surface area contributed by atoms with Gasteiger partial charge in [-0.05, 0) is 42.5 Å². The quantitative estimate of drug-likeness (QED) is 0.212. The Bertz CT molecular complexity index is 848. The molecule has 2 aromatic carbocycles. The van der Waals surface area contributed by atoms with Gasteiger partial charge in [-0.2, -0.15) is 0 Å². The van der Waals surface area contributed by atoms with Crippen molar-refractivity contribution in [2.75, 3.05) is 6.61 Å². The SMILES string of the molecule is C#CCOc1ccc(CN(Sc2c(F)c(F)c(F)c(F)c2F)C2CC2)cc1. The summed E-state index contributed by atoms with van der Waals surface area (Å²) in [5.74, 6) is -6.77. The van der Waals surface area contributed by atoms with Gasteiger partial charge in [0, 0.05) is 12.6 Å². The van der Waals surface area contributed by atoms with Crippen LogP contribution < -0.4 is 4.74 Å². The summed E-state index contributed by atoms with van der Waals surface area (Å²) in [6.45, 7) is 0.397. The maximum atomic E-state index is 14.0. The van der Waals surface area contributed by atoms with Crippen LogP contribution in [-0.2, 0) is 6.54 Å². The van der Waals surface area contributed by atoms with Gasteiger partial charge in [0.2, 0.25) is 5.82 Å². The second kappa shape index (κ2) is 8.19. The summed E-state index contributed by atoms with van der Waals surface area (Å²) in [7, 11) is 0. The molecule has 1 aliphatic rings. The predicted molar refractivity (Wildman–Crippen MR) is 91.4 cm³/mol. The lowest BCUT2D eigenvalue weighted by Crippen LogP contribution is -2.19. The van der Waals surface area contributed by atoms with Crippen molar-refractivity contribution in [2.24, 2.45) is 0 Å². The Morgan fingerprint density at radius 2 is 1.52 bits per heavy atom. The van der Waals surface area contributed by atoms with Gasteiger partial charge < -0.3 is 4.74 Å². The van der Waals surface area contributed by atoms with E-state index in [1.54, 1.807) is 28.6 Å². The van der Waals surface area contributed by atoms with Crippen LogP contribution >= 0.6 is 11.9 Å². The summed E-state index contributed by atoms with van der Waals surface area (Å²) in [5.41, 5.74) is 0.798. The molecule has 0 atom stereocenters. The van der Waals surface area contributed by atoms with E-state index in [2.05, 4.69) is 5.92 Å². The van der Waals surface area contributed by atoms with Crippen LogP contribution in [0.25, 0.3) is 0 Å². The predicted octanol–water partition coefficient (Wildman–Crippen LogP) is 5.07. The van der Waals surface area contributed by atoms with E-state index in [1.807, 2.05) is 0 Å². The molecule has 1 saturated carbocycles. The van der Waals surface area contributed by atoms with Crippen LogP contribution in [0.1, 0.15) is 18.4 Å². The molecular weight excluding hydrogens is 385 g/mol. The minimum Gasteiger partial charge on any atom is -0.481 e. The third kappa shape index (κ3) is 4.37. The molecule has 0 aliphatic heterocycles. The van der Waals surface area contributed by atoms with Gasteiger partial charge in [0.15, 0.2) is 23.3 Å². The summed E-state index contributed by atoms with van der Waals surface area (Å²) in [5, 5.41) is 0. The average molecular weight is 399 g/mol. The topological polar surface area (TPSA) is 12.5 Å². The Balaban J connectivity index is 1.79. The summed E-state index contributed by atoms with van der Waals surface area (Å²) in [4.78, 5) is -0.896. The molecular formula is C19H14F5NOS. The lowest BCUT2D eigenvalue weighted by molar-refractivity contribution is 0.358. The highest BCUT2D eigenvalue weighted by atomic mass is 32.2. The lowest BCUT2D eigenvalue weighted by atomic mass is 10.2. The van der Waals surface area contributed by atoms with Crippen molar-refractivity contribution < 1.29 is 26.7 Å². The van der Waals surface area contributed by atoms with Crippen LogP contribution in [-0.4, -0.2) is 17.0 Å². The van der Waals surface area contributed by atoms with Gasteiger partial charge in [-0.15, -0.1) is 6.42 Å². The number of rotatable bonds is 7. The highest BCUT2D eigenvalue weighted by molar-refractivity contribution is 7.97. The van der Waals surface area contributed by atoms with E-state index in [0.29, 0.717) is 17.7 Å². The Hall–Kier alpha value is -2.24. The number of nitrogens with zero attached hydrogens (tertiary/aromatic N) is 1. The normalized spacial score (nSPS) is 13.7. The van der Waals surface area contributed by atoms with Crippen LogP contribution in [0.3, 0.4) is 0 Å². The Morgan fingerprint density at radius 1 is 0.963 bits per heavy atom. The molecule has 0 heterocycles. The maximum absolute atomic E-state index is 14.0. The third-order valence-electron chi connectivity index (χ3n) is 3.92. The summed E-state index contributed by atoms with van der Waals surface area (Å²) in [6.07, 6.45) is 6.69. The third-order valence-corrected chi connectivity index (χ3v) is 5.12. The fourth-order valence-corrected chi connectivity index (χ4v) is 3.52. The number of halogens is 5. The molecule has 0 bridgehead atoms. The zero-order valence-electron chi connectivity index (χ0n) is 13.9. The Kier molecular flexibility index (Phi) is 5.92. The van der Waals surface area contributed by atoms with Gasteiger partial charge in [-0.1, -0.05) is 18.1 Å². The highest BCUT2D eigenvalue weighted by Gasteiger charge is 2.34. The van der Waals surface area contributed by atoms with Gasteiger partial charge in [-0.25, -0.2) is 26.3 Å². The van der Waals surface area contributed by atoms with Crippen LogP contribution in [0.4, 0.5) is 22.0 Å². The minimum atomic E-state index is -2.16. The van der Waals surface area contributed by atoms with Crippen molar-refractivity contribution in [3.05, 3.63) is 58.9 Å². The van der Waals surface area contributed by atoms with Gasteiger partial charge in [-0.3, -0.25) is 0 Å². The zero-order valence-corrected chi connectivity index (χ0v) is 14.8. The minimum absolute atomic E-state index is 0.00217. The number of hydrogen-bond donors (Lipinski definition) is 0. The van der Waals surface area contributed by atoms with E-state index in [1.165, 1.54) is 0 Å². The van der Waals surface area contributed by atoms with Crippen LogP contribution in [0, 0.1) is 41.4 Å². The van der Waals surface area contributed by atoms with Gasteiger partial charge in [0.25, 0.3) is 0 Å².